The van der Waals surface area contributed by atoms with Crippen molar-refractivity contribution in [3.63, 3.8) is 0 Å². The van der Waals surface area contributed by atoms with E-state index < -0.39 is 10.0 Å². The monoisotopic (exact) mass is 407 g/mol. The van der Waals surface area contributed by atoms with Crippen molar-refractivity contribution in [2.75, 3.05) is 26.0 Å². The maximum atomic E-state index is 12.8. The molecule has 0 bridgehead atoms. The Hall–Kier alpha value is -1.93. The first-order chi connectivity index (χ1) is 12.8. The average molecular weight is 408 g/mol. The maximum Gasteiger partial charge on any atom is 0.240 e. The second-order valence-electron chi connectivity index (χ2n) is 6.72. The zero-order chi connectivity index (χ0) is 19.6. The Labute approximate surface area is 164 Å². The average Bonchev–Trinajstić information content (AvgIpc) is 2.62. The van der Waals surface area contributed by atoms with Crippen molar-refractivity contribution in [2.45, 2.75) is 23.8 Å². The molecule has 2 aromatic rings. The second kappa shape index (κ2) is 7.98. The number of nitrogens with zero attached hydrogens (tertiary/aromatic N) is 1. The van der Waals surface area contributed by atoms with Crippen LogP contribution in [0, 0.1) is 0 Å². The Morgan fingerprint density at radius 2 is 1.93 bits per heavy atom. The van der Waals surface area contributed by atoms with Crippen LogP contribution in [0.1, 0.15) is 23.6 Å². The third-order valence-corrected chi connectivity index (χ3v) is 6.40. The summed E-state index contributed by atoms with van der Waals surface area (Å²) >= 11 is 6.28. The first-order valence-electron chi connectivity index (χ1n) is 8.61. The molecule has 1 aliphatic rings. The van der Waals surface area contributed by atoms with E-state index in [0.29, 0.717) is 23.6 Å². The van der Waals surface area contributed by atoms with Crippen LogP contribution in [0.3, 0.4) is 0 Å². The van der Waals surface area contributed by atoms with Crippen molar-refractivity contribution in [2.24, 2.45) is 0 Å². The Bertz CT molecular complexity index is 960. The number of likely N-dealkylation sites (N-methyl/N-ethyl adjacent to an activating group) is 1. The van der Waals surface area contributed by atoms with Crippen molar-refractivity contribution in [3.8, 4) is 0 Å². The molecule has 0 fully saturated rings. The Kier molecular flexibility index (Phi) is 5.86. The lowest BCUT2D eigenvalue weighted by Crippen LogP contribution is -2.34. The topological polar surface area (TPSA) is 78.5 Å². The third kappa shape index (κ3) is 4.50. The summed E-state index contributed by atoms with van der Waals surface area (Å²) in [5, 5.41) is 3.35. The van der Waals surface area contributed by atoms with E-state index in [1.54, 1.807) is 18.2 Å². The minimum atomic E-state index is -3.69. The van der Waals surface area contributed by atoms with Gasteiger partial charge in [0.15, 0.2) is 0 Å². The van der Waals surface area contributed by atoms with E-state index in [2.05, 4.69) is 10.0 Å². The van der Waals surface area contributed by atoms with Crippen LogP contribution in [0.2, 0.25) is 5.02 Å². The number of rotatable bonds is 6. The largest absolute Gasteiger partial charge is 0.326 e. The number of hydrogen-bond acceptors (Lipinski definition) is 4. The second-order valence-corrected chi connectivity index (χ2v) is 8.89. The first kappa shape index (κ1) is 19.8. The van der Waals surface area contributed by atoms with Gasteiger partial charge < -0.3 is 10.2 Å². The predicted octanol–water partition coefficient (Wildman–Crippen LogP) is 2.81. The van der Waals surface area contributed by atoms with Crippen LogP contribution in [0.5, 0.6) is 0 Å². The molecule has 0 unspecified atom stereocenters. The quantitative estimate of drug-likeness (QED) is 0.771. The summed E-state index contributed by atoms with van der Waals surface area (Å²) in [6, 6.07) is 12.0. The molecule has 2 aromatic carbocycles. The molecule has 0 aliphatic carbocycles. The summed E-state index contributed by atoms with van der Waals surface area (Å²) < 4.78 is 28.2. The Balaban J connectivity index is 1.80. The number of amides is 1. The molecule has 2 N–H and O–H groups in total. The molecular weight excluding hydrogens is 386 g/mol. The number of sulfonamides is 1. The van der Waals surface area contributed by atoms with Crippen LogP contribution in [0.25, 0.3) is 0 Å². The molecule has 0 spiro atoms. The fourth-order valence-corrected chi connectivity index (χ4v) is 4.47. The van der Waals surface area contributed by atoms with Gasteiger partial charge in [0.1, 0.15) is 0 Å². The van der Waals surface area contributed by atoms with Crippen LogP contribution >= 0.6 is 11.6 Å². The number of carbonyl (C=O) groups is 1. The molecule has 8 heteroatoms. The van der Waals surface area contributed by atoms with E-state index in [0.717, 1.165) is 11.1 Å². The summed E-state index contributed by atoms with van der Waals surface area (Å²) in [5.41, 5.74) is 2.36. The van der Waals surface area contributed by atoms with Crippen molar-refractivity contribution in [3.05, 3.63) is 58.6 Å². The molecule has 1 heterocycles. The molecule has 0 radical (unpaired) electrons. The van der Waals surface area contributed by atoms with Crippen LogP contribution in [0.15, 0.2) is 47.4 Å². The maximum absolute atomic E-state index is 12.8. The number of anilines is 1. The molecule has 1 aliphatic heterocycles. The Morgan fingerprint density at radius 1 is 1.19 bits per heavy atom. The molecule has 1 amide bonds. The number of hydrogen-bond donors (Lipinski definition) is 2. The first-order valence-corrected chi connectivity index (χ1v) is 10.5. The van der Waals surface area contributed by atoms with E-state index >= 15 is 0 Å². The van der Waals surface area contributed by atoms with E-state index in [1.807, 2.05) is 37.2 Å². The molecule has 0 saturated carbocycles. The molecule has 27 heavy (non-hydrogen) atoms. The lowest BCUT2D eigenvalue weighted by molar-refractivity contribution is -0.116. The van der Waals surface area contributed by atoms with Gasteiger partial charge in [-0.2, -0.15) is 0 Å². The molecule has 144 valence electrons. The molecule has 0 aromatic heterocycles. The molecular formula is C19H22ClN3O3S. The normalized spacial score (nSPS) is 15.3. The molecule has 6 nitrogen and oxygen atoms in total. The van der Waals surface area contributed by atoms with E-state index in [9.17, 15) is 13.2 Å². The number of benzene rings is 2. The van der Waals surface area contributed by atoms with E-state index in [1.165, 1.54) is 6.07 Å². The van der Waals surface area contributed by atoms with Crippen molar-refractivity contribution >= 4 is 33.2 Å². The molecule has 0 saturated heterocycles. The van der Waals surface area contributed by atoms with Gasteiger partial charge in [0.05, 0.1) is 4.90 Å². The smallest absolute Gasteiger partial charge is 0.240 e. The van der Waals surface area contributed by atoms with Crippen molar-refractivity contribution in [1.29, 1.82) is 0 Å². The van der Waals surface area contributed by atoms with Gasteiger partial charge in [-0.05, 0) is 55.9 Å². The summed E-state index contributed by atoms with van der Waals surface area (Å²) in [4.78, 5) is 13.6. The van der Waals surface area contributed by atoms with Gasteiger partial charge in [-0.3, -0.25) is 4.79 Å². The molecule has 3 rings (SSSR count). The van der Waals surface area contributed by atoms with Crippen LogP contribution in [-0.4, -0.2) is 39.9 Å². The predicted molar refractivity (Wildman–Crippen MR) is 106 cm³/mol. The highest BCUT2D eigenvalue weighted by atomic mass is 35.5. The minimum absolute atomic E-state index is 0.0511. The van der Waals surface area contributed by atoms with Gasteiger partial charge in [-0.1, -0.05) is 29.8 Å². The van der Waals surface area contributed by atoms with Crippen molar-refractivity contribution < 1.29 is 13.2 Å². The van der Waals surface area contributed by atoms with E-state index in [-0.39, 0.29) is 23.4 Å². The third-order valence-electron chi connectivity index (χ3n) is 4.64. The van der Waals surface area contributed by atoms with Gasteiger partial charge in [-0.25, -0.2) is 13.1 Å². The number of aryl methyl sites for hydroxylation is 1. The number of fused-ring (bicyclic) bond motifs is 1. The number of nitrogens with one attached hydrogen (secondary N) is 2. The SMILES string of the molecule is CN(C)[C@@H](CNS(=O)(=O)c1ccc2c(c1)CCC(=O)N2)c1ccccc1Cl. The standard InChI is InChI=1S/C19H22ClN3O3S/c1-23(2)18(15-5-3-4-6-16(15)20)12-21-27(25,26)14-8-9-17-13(11-14)7-10-19(24)22-17/h3-6,8-9,11,18,21H,7,10,12H2,1-2H3,(H,22,24)/t18-/m0/s1. The van der Waals surface area contributed by atoms with Crippen LogP contribution in [-0.2, 0) is 21.2 Å². The Morgan fingerprint density at radius 3 is 2.63 bits per heavy atom. The number of carbonyl (C=O) groups excluding carboxylic acids is 1. The number of halogens is 1. The van der Waals surface area contributed by atoms with Gasteiger partial charge in [-0.15, -0.1) is 0 Å². The highest BCUT2D eigenvalue weighted by Gasteiger charge is 2.23. The van der Waals surface area contributed by atoms with Gasteiger partial charge in [0, 0.05) is 29.7 Å². The van der Waals surface area contributed by atoms with Gasteiger partial charge in [0.25, 0.3) is 0 Å². The fourth-order valence-electron chi connectivity index (χ4n) is 3.11. The lowest BCUT2D eigenvalue weighted by atomic mass is 10.0. The van der Waals surface area contributed by atoms with Crippen LogP contribution in [0.4, 0.5) is 5.69 Å². The summed E-state index contributed by atoms with van der Waals surface area (Å²) in [7, 11) is 0.0685. The van der Waals surface area contributed by atoms with Gasteiger partial charge >= 0.3 is 0 Å². The highest BCUT2D eigenvalue weighted by molar-refractivity contribution is 7.89. The highest BCUT2D eigenvalue weighted by Crippen LogP contribution is 2.27. The summed E-state index contributed by atoms with van der Waals surface area (Å²) in [6.07, 6.45) is 0.892. The minimum Gasteiger partial charge on any atom is -0.326 e. The van der Waals surface area contributed by atoms with E-state index in [4.69, 9.17) is 11.6 Å². The fraction of sp³-hybridized carbons (Fsp3) is 0.316. The summed E-state index contributed by atoms with van der Waals surface area (Å²) in [5.74, 6) is -0.0511. The van der Waals surface area contributed by atoms with Crippen LogP contribution < -0.4 is 10.0 Å². The zero-order valence-corrected chi connectivity index (χ0v) is 16.8. The van der Waals surface area contributed by atoms with Gasteiger partial charge in [0.2, 0.25) is 15.9 Å². The summed E-state index contributed by atoms with van der Waals surface area (Å²) in [6.45, 7) is 0.187. The lowest BCUT2D eigenvalue weighted by Gasteiger charge is -2.26. The van der Waals surface area contributed by atoms with Crippen molar-refractivity contribution in [1.82, 2.24) is 9.62 Å². The zero-order valence-electron chi connectivity index (χ0n) is 15.2. The molecule has 1 atom stereocenters.